The number of halogens is 3. The van der Waals surface area contributed by atoms with Crippen LogP contribution in [0, 0.1) is 17.1 Å². The largest absolute Gasteiger partial charge is 0.452 e. The van der Waals surface area contributed by atoms with E-state index >= 15 is 0 Å². The van der Waals surface area contributed by atoms with Crippen LogP contribution in [0.1, 0.15) is 23.6 Å². The first-order valence-electron chi connectivity index (χ1n) is 8.09. The number of thioether (sulfide) groups is 1. The number of nitriles is 1. The van der Waals surface area contributed by atoms with Crippen molar-refractivity contribution < 1.29 is 27.4 Å². The van der Waals surface area contributed by atoms with Crippen molar-refractivity contribution >= 4 is 23.7 Å². The molecule has 1 unspecified atom stereocenters. The summed E-state index contributed by atoms with van der Waals surface area (Å²) in [6, 6.07) is 6.60. The van der Waals surface area contributed by atoms with Crippen LogP contribution in [0.25, 0.3) is 0 Å². The van der Waals surface area contributed by atoms with Crippen LogP contribution in [0.4, 0.5) is 23.8 Å². The predicted octanol–water partition coefficient (Wildman–Crippen LogP) is 4.50. The van der Waals surface area contributed by atoms with Gasteiger partial charge in [-0.25, -0.2) is 14.2 Å². The summed E-state index contributed by atoms with van der Waals surface area (Å²) in [5, 5.41) is 9.01. The Labute approximate surface area is 162 Å². The monoisotopic (exact) mass is 409 g/mol. The van der Waals surface area contributed by atoms with Gasteiger partial charge in [0.25, 0.3) is 0 Å². The molecule has 0 saturated carbocycles. The Morgan fingerprint density at radius 2 is 2.25 bits per heavy atom. The van der Waals surface area contributed by atoms with E-state index in [1.807, 2.05) is 0 Å². The molecule has 1 aromatic carbocycles. The van der Waals surface area contributed by atoms with Crippen molar-refractivity contribution in [1.29, 1.82) is 5.26 Å². The second-order valence-corrected chi connectivity index (χ2v) is 6.79. The first kappa shape index (κ1) is 19.8. The van der Waals surface area contributed by atoms with E-state index in [-0.39, 0.29) is 11.4 Å². The maximum absolute atomic E-state index is 14.2. The van der Waals surface area contributed by atoms with Gasteiger partial charge >= 0.3 is 12.7 Å². The number of aromatic nitrogens is 1. The van der Waals surface area contributed by atoms with Crippen LogP contribution in [-0.4, -0.2) is 30.6 Å². The fourth-order valence-corrected chi connectivity index (χ4v) is 4.08. The van der Waals surface area contributed by atoms with Gasteiger partial charge in [0, 0.05) is 22.9 Å². The van der Waals surface area contributed by atoms with Gasteiger partial charge < -0.3 is 9.47 Å². The molecule has 2 heterocycles. The molecule has 1 aliphatic rings. The zero-order valence-corrected chi connectivity index (χ0v) is 15.4. The molecule has 0 N–H and O–H groups in total. The summed E-state index contributed by atoms with van der Waals surface area (Å²) in [5.41, 5.74) is 0.491. The lowest BCUT2D eigenvalue weighted by molar-refractivity contribution is -0.0497. The first-order valence-corrected chi connectivity index (χ1v) is 9.08. The van der Waals surface area contributed by atoms with Crippen molar-refractivity contribution in [3.05, 3.63) is 47.4 Å². The van der Waals surface area contributed by atoms with Crippen LogP contribution < -0.4 is 9.64 Å². The Bertz CT molecular complexity index is 936. The Hall–Kier alpha value is -2.93. The molecule has 0 fully saturated rings. The minimum Gasteiger partial charge on any atom is -0.452 e. The summed E-state index contributed by atoms with van der Waals surface area (Å²) in [4.78, 5) is 18.0. The average Bonchev–Trinajstić information content (AvgIpc) is 2.69. The molecule has 3 rings (SSSR count). The lowest BCUT2D eigenvalue weighted by Gasteiger charge is -2.34. The smallest absolute Gasteiger partial charge is 0.415 e. The fourth-order valence-electron chi connectivity index (χ4n) is 2.96. The van der Waals surface area contributed by atoms with Crippen molar-refractivity contribution in [2.45, 2.75) is 24.0 Å². The number of anilines is 1. The second-order valence-electron chi connectivity index (χ2n) is 5.69. The Morgan fingerprint density at radius 1 is 1.46 bits per heavy atom. The van der Waals surface area contributed by atoms with Gasteiger partial charge in [0.05, 0.1) is 18.7 Å². The summed E-state index contributed by atoms with van der Waals surface area (Å²) < 4.78 is 49.3. The van der Waals surface area contributed by atoms with Gasteiger partial charge in [0.2, 0.25) is 0 Å². The molecule has 1 atom stereocenters. The molecule has 0 bridgehead atoms. The van der Waals surface area contributed by atoms with Crippen LogP contribution in [0.5, 0.6) is 5.75 Å². The quantitative estimate of drug-likeness (QED) is 0.740. The first-order chi connectivity index (χ1) is 13.5. The zero-order valence-electron chi connectivity index (χ0n) is 14.6. The summed E-state index contributed by atoms with van der Waals surface area (Å²) >= 11 is 1.30. The number of hydrogen-bond acceptors (Lipinski definition) is 6. The molecule has 28 heavy (non-hydrogen) atoms. The van der Waals surface area contributed by atoms with Crippen LogP contribution in [0.2, 0.25) is 0 Å². The van der Waals surface area contributed by atoms with Crippen molar-refractivity contribution in [1.82, 2.24) is 4.98 Å². The number of nitrogens with zero attached hydrogens (tertiary/aromatic N) is 3. The van der Waals surface area contributed by atoms with Crippen molar-refractivity contribution in [2.24, 2.45) is 0 Å². The third-order valence-electron chi connectivity index (χ3n) is 4.08. The maximum atomic E-state index is 14.2. The van der Waals surface area contributed by atoms with E-state index in [0.717, 1.165) is 24.3 Å². The minimum absolute atomic E-state index is 0.0186. The van der Waals surface area contributed by atoms with Gasteiger partial charge in [0.1, 0.15) is 11.9 Å². The van der Waals surface area contributed by atoms with Crippen LogP contribution in [0.15, 0.2) is 35.4 Å². The molecule has 2 aromatic rings. The molecular weight excluding hydrogens is 395 g/mol. The van der Waals surface area contributed by atoms with Gasteiger partial charge in [0.15, 0.2) is 11.6 Å². The van der Waals surface area contributed by atoms with E-state index in [2.05, 4.69) is 9.72 Å². The van der Waals surface area contributed by atoms with Crippen molar-refractivity contribution in [2.75, 3.05) is 17.8 Å². The van der Waals surface area contributed by atoms with E-state index in [1.165, 1.54) is 23.9 Å². The third-order valence-corrected chi connectivity index (χ3v) is 5.24. The van der Waals surface area contributed by atoms with E-state index in [0.29, 0.717) is 22.6 Å². The van der Waals surface area contributed by atoms with Gasteiger partial charge in [-0.2, -0.15) is 14.0 Å². The molecule has 6 nitrogen and oxygen atoms in total. The highest BCUT2D eigenvalue weighted by Crippen LogP contribution is 2.44. The highest BCUT2D eigenvalue weighted by Gasteiger charge is 2.35. The number of carbonyl (C=O) groups excluding carboxylic acids is 1. The summed E-state index contributed by atoms with van der Waals surface area (Å²) in [5.74, 6) is -0.629. The van der Waals surface area contributed by atoms with E-state index in [1.54, 1.807) is 12.1 Å². The van der Waals surface area contributed by atoms with Crippen LogP contribution in [0.3, 0.4) is 0 Å². The number of alkyl halides is 2. The molecular formula is C18H14F3N3O3S. The van der Waals surface area contributed by atoms with E-state index < -0.39 is 30.3 Å². The molecule has 146 valence electrons. The number of hydrogen-bond donors (Lipinski definition) is 0. The number of carbonyl (C=O) groups is 1. The van der Waals surface area contributed by atoms with Crippen molar-refractivity contribution in [3.8, 4) is 11.8 Å². The molecule has 0 aliphatic carbocycles. The van der Waals surface area contributed by atoms with Crippen LogP contribution in [-0.2, 0) is 4.74 Å². The number of methoxy groups -OCH3 is 1. The van der Waals surface area contributed by atoms with Crippen molar-refractivity contribution in [3.63, 3.8) is 0 Å². The molecule has 1 aliphatic heterocycles. The van der Waals surface area contributed by atoms with Gasteiger partial charge in [-0.05, 0) is 18.1 Å². The lowest BCUT2D eigenvalue weighted by atomic mass is 10.0. The van der Waals surface area contributed by atoms with Gasteiger partial charge in [-0.15, -0.1) is 11.8 Å². The summed E-state index contributed by atoms with van der Waals surface area (Å²) in [7, 11) is 1.14. The number of pyridine rings is 1. The number of rotatable bonds is 4. The normalized spacial score (nSPS) is 15.5. The Morgan fingerprint density at radius 3 is 2.93 bits per heavy atom. The zero-order chi connectivity index (χ0) is 20.3. The molecule has 0 spiro atoms. The summed E-state index contributed by atoms with van der Waals surface area (Å²) in [6.07, 6.45) is 0.670. The van der Waals surface area contributed by atoms with E-state index in [4.69, 9.17) is 10.00 Å². The number of fused-ring (bicyclic) bond motifs is 1. The number of amides is 1. The topological polar surface area (TPSA) is 75.5 Å². The fraction of sp³-hybridized carbons (Fsp3) is 0.278. The SMILES string of the molecule is COC(=O)N(c1ncc(C#N)cc1OC(F)F)C1CCSc2c(F)cccc21. The number of ether oxygens (including phenoxy) is 2. The minimum atomic E-state index is -3.19. The predicted molar refractivity (Wildman–Crippen MR) is 95.0 cm³/mol. The standard InChI is InChI=1S/C18H14F3N3O3S/c1-26-18(25)24(13-5-6-28-15-11(13)3-2-4-12(15)19)16-14(27-17(20)21)7-10(8-22)9-23-16/h2-4,7,9,13,17H,5-6H2,1H3. The average molecular weight is 409 g/mol. The number of benzene rings is 1. The molecule has 0 saturated heterocycles. The third kappa shape index (κ3) is 3.84. The highest BCUT2D eigenvalue weighted by atomic mass is 32.2. The highest BCUT2D eigenvalue weighted by molar-refractivity contribution is 7.99. The molecule has 10 heteroatoms. The molecule has 1 aromatic heterocycles. The van der Waals surface area contributed by atoms with E-state index in [9.17, 15) is 18.0 Å². The molecule has 0 radical (unpaired) electrons. The maximum Gasteiger partial charge on any atom is 0.415 e. The summed E-state index contributed by atoms with van der Waals surface area (Å²) in [6.45, 7) is -3.19. The van der Waals surface area contributed by atoms with Gasteiger partial charge in [-0.1, -0.05) is 12.1 Å². The Kier molecular flexibility index (Phi) is 5.94. The Balaban J connectivity index is 2.15. The lowest BCUT2D eigenvalue weighted by Crippen LogP contribution is -2.37. The van der Waals surface area contributed by atoms with Gasteiger partial charge in [-0.3, -0.25) is 4.90 Å². The second kappa shape index (κ2) is 8.39. The molecule has 1 amide bonds. The van der Waals surface area contributed by atoms with Crippen LogP contribution >= 0.6 is 11.8 Å².